The van der Waals surface area contributed by atoms with E-state index >= 15 is 0 Å². The maximum absolute atomic E-state index is 12.2. The van der Waals surface area contributed by atoms with E-state index in [0.717, 1.165) is 17.0 Å². The number of amides is 1. The zero-order valence-corrected chi connectivity index (χ0v) is 16.0. The predicted molar refractivity (Wildman–Crippen MR) is 102 cm³/mol. The molecule has 0 saturated carbocycles. The van der Waals surface area contributed by atoms with Crippen molar-refractivity contribution < 1.29 is 9.21 Å². The highest BCUT2D eigenvalue weighted by Gasteiger charge is 2.12. The van der Waals surface area contributed by atoms with Gasteiger partial charge < -0.3 is 9.73 Å². The molecule has 0 fully saturated rings. The topological polar surface area (TPSA) is 68.0 Å². The van der Waals surface area contributed by atoms with Crippen LogP contribution in [0.15, 0.2) is 52.0 Å². The Morgan fingerprint density at radius 1 is 1.15 bits per heavy atom. The van der Waals surface area contributed by atoms with Gasteiger partial charge in [0.25, 0.3) is 5.91 Å². The van der Waals surface area contributed by atoms with Gasteiger partial charge in [-0.2, -0.15) is 0 Å². The molecule has 1 amide bonds. The molecule has 1 N–H and O–H groups in total. The SMILES string of the molecule is Cc1cc(C)nc(SCc2ccc(C(=O)NCc3ccccc3Cl)o2)n1. The monoisotopic (exact) mass is 387 g/mol. The van der Waals surface area contributed by atoms with Gasteiger partial charge in [-0.1, -0.05) is 41.6 Å². The van der Waals surface area contributed by atoms with Crippen molar-refractivity contribution in [2.75, 3.05) is 0 Å². The summed E-state index contributed by atoms with van der Waals surface area (Å²) in [5.41, 5.74) is 2.72. The third-order valence-electron chi connectivity index (χ3n) is 3.59. The molecule has 0 aliphatic carbocycles. The first-order valence-corrected chi connectivity index (χ1v) is 9.43. The molecule has 0 atom stereocenters. The second-order valence-electron chi connectivity index (χ2n) is 5.76. The van der Waals surface area contributed by atoms with Crippen LogP contribution < -0.4 is 5.32 Å². The quantitative estimate of drug-likeness (QED) is 0.496. The molecule has 2 heterocycles. The lowest BCUT2D eigenvalue weighted by Crippen LogP contribution is -2.22. The number of aromatic nitrogens is 2. The summed E-state index contributed by atoms with van der Waals surface area (Å²) in [6, 6.07) is 12.8. The lowest BCUT2D eigenvalue weighted by molar-refractivity contribution is 0.0922. The number of furan rings is 1. The Bertz CT molecular complexity index is 906. The van der Waals surface area contributed by atoms with Crippen LogP contribution in [0.5, 0.6) is 0 Å². The van der Waals surface area contributed by atoms with Gasteiger partial charge in [-0.15, -0.1) is 0 Å². The van der Waals surface area contributed by atoms with Gasteiger partial charge in [0.1, 0.15) is 5.76 Å². The second-order valence-corrected chi connectivity index (χ2v) is 7.11. The van der Waals surface area contributed by atoms with Gasteiger partial charge in [0.15, 0.2) is 10.9 Å². The molecule has 26 heavy (non-hydrogen) atoms. The van der Waals surface area contributed by atoms with Crippen LogP contribution in [0.2, 0.25) is 5.02 Å². The number of rotatable bonds is 6. The van der Waals surface area contributed by atoms with Crippen molar-refractivity contribution in [2.45, 2.75) is 31.3 Å². The molecule has 3 rings (SSSR count). The lowest BCUT2D eigenvalue weighted by Gasteiger charge is -2.05. The number of hydrogen-bond donors (Lipinski definition) is 1. The predicted octanol–water partition coefficient (Wildman–Crippen LogP) is 4.56. The van der Waals surface area contributed by atoms with E-state index in [0.29, 0.717) is 28.2 Å². The maximum atomic E-state index is 12.2. The van der Waals surface area contributed by atoms with Crippen molar-refractivity contribution in [3.05, 3.63) is 76.0 Å². The van der Waals surface area contributed by atoms with Crippen molar-refractivity contribution in [1.29, 1.82) is 0 Å². The number of nitrogens with zero attached hydrogens (tertiary/aromatic N) is 2. The molecule has 0 unspecified atom stereocenters. The summed E-state index contributed by atoms with van der Waals surface area (Å²) in [5.74, 6) is 1.25. The molecule has 7 heteroatoms. The fourth-order valence-electron chi connectivity index (χ4n) is 2.38. The minimum absolute atomic E-state index is 0.272. The smallest absolute Gasteiger partial charge is 0.287 e. The number of aryl methyl sites for hydroxylation is 2. The van der Waals surface area contributed by atoms with Crippen molar-refractivity contribution in [3.63, 3.8) is 0 Å². The largest absolute Gasteiger partial charge is 0.455 e. The van der Waals surface area contributed by atoms with Crippen LogP contribution in [-0.4, -0.2) is 15.9 Å². The van der Waals surface area contributed by atoms with Gasteiger partial charge in [-0.3, -0.25) is 4.79 Å². The zero-order chi connectivity index (χ0) is 18.5. The highest BCUT2D eigenvalue weighted by Crippen LogP contribution is 2.21. The highest BCUT2D eigenvalue weighted by molar-refractivity contribution is 7.98. The number of hydrogen-bond acceptors (Lipinski definition) is 5. The third-order valence-corrected chi connectivity index (χ3v) is 4.83. The number of nitrogens with one attached hydrogen (secondary N) is 1. The molecule has 0 bridgehead atoms. The highest BCUT2D eigenvalue weighted by atomic mass is 35.5. The minimum atomic E-state index is -0.274. The first kappa shape index (κ1) is 18.5. The molecule has 2 aromatic heterocycles. The van der Waals surface area contributed by atoms with Crippen molar-refractivity contribution >= 4 is 29.3 Å². The summed E-state index contributed by atoms with van der Waals surface area (Å²) in [4.78, 5) is 21.0. The molecule has 0 spiro atoms. The maximum Gasteiger partial charge on any atom is 0.287 e. The fraction of sp³-hybridized carbons (Fsp3) is 0.211. The van der Waals surface area contributed by atoms with Crippen LogP contribution in [-0.2, 0) is 12.3 Å². The lowest BCUT2D eigenvalue weighted by atomic mass is 10.2. The standard InChI is InChI=1S/C19H18ClN3O2S/c1-12-9-13(2)23-19(22-12)26-11-15-7-8-17(25-15)18(24)21-10-14-5-3-4-6-16(14)20/h3-9H,10-11H2,1-2H3,(H,21,24). The first-order chi connectivity index (χ1) is 12.5. The zero-order valence-electron chi connectivity index (χ0n) is 14.5. The van der Waals surface area contributed by atoms with E-state index < -0.39 is 0 Å². The molecule has 0 aliphatic heterocycles. The minimum Gasteiger partial charge on any atom is -0.455 e. The van der Waals surface area contributed by atoms with Crippen LogP contribution in [0.25, 0.3) is 0 Å². The first-order valence-electron chi connectivity index (χ1n) is 8.06. The molecule has 3 aromatic rings. The van der Waals surface area contributed by atoms with E-state index in [4.69, 9.17) is 16.0 Å². The van der Waals surface area contributed by atoms with Gasteiger partial charge in [-0.25, -0.2) is 9.97 Å². The van der Waals surface area contributed by atoms with Crippen LogP contribution >= 0.6 is 23.4 Å². The van der Waals surface area contributed by atoms with Crippen molar-refractivity contribution in [3.8, 4) is 0 Å². The van der Waals surface area contributed by atoms with E-state index in [1.165, 1.54) is 11.8 Å². The van der Waals surface area contributed by atoms with Gasteiger partial charge in [0.2, 0.25) is 0 Å². The Morgan fingerprint density at radius 3 is 2.62 bits per heavy atom. The van der Waals surface area contributed by atoms with E-state index in [1.807, 2.05) is 38.1 Å². The molecule has 0 aliphatic rings. The summed E-state index contributed by atoms with van der Waals surface area (Å²) in [5, 5.41) is 4.13. The number of halogens is 1. The summed E-state index contributed by atoms with van der Waals surface area (Å²) < 4.78 is 5.62. The number of thioether (sulfide) groups is 1. The van der Waals surface area contributed by atoms with Gasteiger partial charge in [-0.05, 0) is 43.7 Å². The fourth-order valence-corrected chi connectivity index (χ4v) is 3.42. The number of carbonyl (C=O) groups excluding carboxylic acids is 1. The van der Waals surface area contributed by atoms with Crippen molar-refractivity contribution in [1.82, 2.24) is 15.3 Å². The van der Waals surface area contributed by atoms with Crippen LogP contribution in [0.4, 0.5) is 0 Å². The molecular weight excluding hydrogens is 370 g/mol. The number of benzene rings is 1. The Kier molecular flexibility index (Phi) is 5.96. The average Bonchev–Trinajstić information content (AvgIpc) is 3.07. The Morgan fingerprint density at radius 2 is 1.88 bits per heavy atom. The summed E-state index contributed by atoms with van der Waals surface area (Å²) >= 11 is 7.56. The summed E-state index contributed by atoms with van der Waals surface area (Å²) in [7, 11) is 0. The molecule has 134 valence electrons. The van der Waals surface area contributed by atoms with Gasteiger partial charge >= 0.3 is 0 Å². The van der Waals surface area contributed by atoms with Gasteiger partial charge in [0.05, 0.1) is 5.75 Å². The Labute approximate surface area is 161 Å². The van der Waals surface area contributed by atoms with Gasteiger partial charge in [0, 0.05) is 23.0 Å². The van der Waals surface area contributed by atoms with E-state index in [9.17, 15) is 4.79 Å². The van der Waals surface area contributed by atoms with E-state index in [1.54, 1.807) is 18.2 Å². The molecule has 0 saturated heterocycles. The molecule has 0 radical (unpaired) electrons. The average molecular weight is 388 g/mol. The van der Waals surface area contributed by atoms with Crippen LogP contribution in [0, 0.1) is 13.8 Å². The Hall–Kier alpha value is -2.31. The van der Waals surface area contributed by atoms with Crippen LogP contribution in [0.1, 0.15) is 33.3 Å². The summed E-state index contributed by atoms with van der Waals surface area (Å²) in [6.45, 7) is 4.22. The Balaban J connectivity index is 1.57. The molecular formula is C19H18ClN3O2S. The normalized spacial score (nSPS) is 10.7. The second kappa shape index (κ2) is 8.38. The third kappa shape index (κ3) is 4.86. The van der Waals surface area contributed by atoms with E-state index in [-0.39, 0.29) is 11.7 Å². The van der Waals surface area contributed by atoms with Crippen LogP contribution in [0.3, 0.4) is 0 Å². The van der Waals surface area contributed by atoms with E-state index in [2.05, 4.69) is 15.3 Å². The summed E-state index contributed by atoms with van der Waals surface area (Å²) in [6.07, 6.45) is 0. The number of carbonyl (C=O) groups is 1. The van der Waals surface area contributed by atoms with Crippen molar-refractivity contribution in [2.24, 2.45) is 0 Å². The molecule has 1 aromatic carbocycles. The molecule has 5 nitrogen and oxygen atoms in total.